The van der Waals surface area contributed by atoms with Crippen LogP contribution in [0.15, 0.2) is 157 Å². The predicted octanol–water partition coefficient (Wildman–Crippen LogP) is 12.7. The number of ether oxygens (including phenoxy) is 4. The van der Waals surface area contributed by atoms with Crippen LogP contribution in [0.5, 0.6) is 23.0 Å². The summed E-state index contributed by atoms with van der Waals surface area (Å²) in [6.45, 7) is 8.91. The Morgan fingerprint density at radius 2 is 0.862 bits per heavy atom. The summed E-state index contributed by atoms with van der Waals surface area (Å²) >= 11 is 0. The maximum Gasteiger partial charge on any atom is 0.343 e. The van der Waals surface area contributed by atoms with Crippen molar-refractivity contribution in [2.24, 2.45) is 9.98 Å². The molecule has 5 aromatic carbocycles. The summed E-state index contributed by atoms with van der Waals surface area (Å²) in [5.41, 5.74) is 3.98. The highest BCUT2D eigenvalue weighted by molar-refractivity contribution is 5.93. The molecule has 0 N–H and O–H groups in total. The molecule has 0 atom stereocenters. The van der Waals surface area contributed by atoms with Gasteiger partial charge in [0.25, 0.3) is 0 Å². The fourth-order valence-corrected chi connectivity index (χ4v) is 5.77. The topological polar surface area (TPSA) is 95.8 Å². The lowest BCUT2D eigenvalue weighted by Crippen LogP contribution is -2.10. The third-order valence-electron chi connectivity index (χ3n) is 9.06. The summed E-state index contributed by atoms with van der Waals surface area (Å²) < 4.78 is 22.9. The number of carbonyl (C=O) groups excluding carboxylic acids is 2. The third-order valence-corrected chi connectivity index (χ3v) is 9.06. The first-order chi connectivity index (χ1) is 28.5. The number of hydrogen-bond donors (Lipinski definition) is 0. The highest BCUT2D eigenvalue weighted by Crippen LogP contribution is 2.23. The van der Waals surface area contributed by atoms with E-state index in [1.165, 1.54) is 31.7 Å². The zero-order chi connectivity index (χ0) is 40.6. The Labute approximate surface area is 342 Å². The van der Waals surface area contributed by atoms with Gasteiger partial charge < -0.3 is 18.9 Å². The van der Waals surface area contributed by atoms with Gasteiger partial charge in [0.2, 0.25) is 0 Å². The summed E-state index contributed by atoms with van der Waals surface area (Å²) in [7, 11) is 0. The van der Waals surface area contributed by atoms with Gasteiger partial charge in [-0.3, -0.25) is 9.98 Å². The van der Waals surface area contributed by atoms with Crippen molar-refractivity contribution >= 4 is 35.7 Å². The van der Waals surface area contributed by atoms with E-state index >= 15 is 0 Å². The van der Waals surface area contributed by atoms with Gasteiger partial charge in [-0.2, -0.15) is 0 Å². The molecule has 0 aliphatic heterocycles. The molecule has 0 saturated heterocycles. The number of esters is 2. The van der Waals surface area contributed by atoms with Gasteiger partial charge in [-0.25, -0.2) is 9.59 Å². The average molecular weight is 777 g/mol. The highest BCUT2D eigenvalue weighted by Gasteiger charge is 2.12. The predicted molar refractivity (Wildman–Crippen MR) is 234 cm³/mol. The van der Waals surface area contributed by atoms with Crippen LogP contribution in [0, 0.1) is 0 Å². The lowest BCUT2D eigenvalue weighted by atomic mass is 10.1. The highest BCUT2D eigenvalue weighted by atomic mass is 16.5. The first kappa shape index (κ1) is 42.6. The third kappa shape index (κ3) is 15.2. The SMILES string of the molecule is C=CCCCCCCOc1ccc(N=Cc2ccc(C(=O)Oc3cccc(OC(=O)c4ccc(C=Nc5ccc(OCCCCCCC=C)cc5)cc4)c3)cc2)cc1. The molecule has 58 heavy (non-hydrogen) atoms. The Bertz CT molecular complexity index is 1940. The Morgan fingerprint density at radius 1 is 0.466 bits per heavy atom. The van der Waals surface area contributed by atoms with Crippen LogP contribution >= 0.6 is 0 Å². The van der Waals surface area contributed by atoms with Gasteiger partial charge in [0.15, 0.2) is 0 Å². The number of allylic oxidation sites excluding steroid dienone is 2. The first-order valence-corrected chi connectivity index (χ1v) is 20.0. The molecule has 0 spiro atoms. The molecule has 0 aliphatic carbocycles. The molecule has 0 fully saturated rings. The van der Waals surface area contributed by atoms with Crippen LogP contribution in [0.3, 0.4) is 0 Å². The fourth-order valence-electron chi connectivity index (χ4n) is 5.77. The van der Waals surface area contributed by atoms with Crippen molar-refractivity contribution in [2.45, 2.75) is 64.2 Å². The van der Waals surface area contributed by atoms with Crippen molar-refractivity contribution in [3.05, 3.63) is 169 Å². The molecule has 0 heterocycles. The maximum atomic E-state index is 12.9. The number of nitrogens with zero attached hydrogens (tertiary/aromatic N) is 2. The van der Waals surface area contributed by atoms with Crippen molar-refractivity contribution in [3.63, 3.8) is 0 Å². The average Bonchev–Trinajstić information content (AvgIpc) is 3.25. The van der Waals surface area contributed by atoms with E-state index in [9.17, 15) is 9.59 Å². The van der Waals surface area contributed by atoms with Crippen molar-refractivity contribution in [1.82, 2.24) is 0 Å². The molecular formula is C50H52N2O6. The summed E-state index contributed by atoms with van der Waals surface area (Å²) in [6.07, 6.45) is 18.6. The van der Waals surface area contributed by atoms with E-state index in [2.05, 4.69) is 23.1 Å². The smallest absolute Gasteiger partial charge is 0.343 e. The lowest BCUT2D eigenvalue weighted by molar-refractivity contribution is 0.0732. The van der Waals surface area contributed by atoms with E-state index in [1.807, 2.05) is 60.7 Å². The summed E-state index contributed by atoms with van der Waals surface area (Å²) in [5, 5.41) is 0. The van der Waals surface area contributed by atoms with Crippen molar-refractivity contribution < 1.29 is 28.5 Å². The normalized spacial score (nSPS) is 11.0. The summed E-state index contributed by atoms with van der Waals surface area (Å²) in [6, 6.07) is 35.6. The number of unbranched alkanes of at least 4 members (excludes halogenated alkanes) is 8. The number of rotatable bonds is 24. The molecule has 5 aromatic rings. The van der Waals surface area contributed by atoms with E-state index in [0.717, 1.165) is 72.5 Å². The first-order valence-electron chi connectivity index (χ1n) is 20.0. The number of hydrogen-bond acceptors (Lipinski definition) is 8. The van der Waals surface area contributed by atoms with Crippen LogP contribution in [0.2, 0.25) is 0 Å². The van der Waals surface area contributed by atoms with Gasteiger partial charge in [0.05, 0.1) is 35.7 Å². The van der Waals surface area contributed by atoms with E-state index in [1.54, 1.807) is 79.2 Å². The molecule has 0 saturated carbocycles. The minimum Gasteiger partial charge on any atom is -0.494 e. The Hall–Kier alpha value is -6.54. The van der Waals surface area contributed by atoms with Gasteiger partial charge in [0, 0.05) is 18.5 Å². The second-order valence-electron chi connectivity index (χ2n) is 13.7. The van der Waals surface area contributed by atoms with Gasteiger partial charge >= 0.3 is 11.9 Å². The quantitative estimate of drug-likeness (QED) is 0.0204. The number of benzene rings is 5. The van der Waals surface area contributed by atoms with Gasteiger partial charge in [-0.05, 0) is 135 Å². The second kappa shape index (κ2) is 24.2. The fraction of sp³-hybridized carbons (Fsp3) is 0.240. The number of carbonyl (C=O) groups is 2. The van der Waals surface area contributed by atoms with Crippen LogP contribution < -0.4 is 18.9 Å². The van der Waals surface area contributed by atoms with E-state index in [-0.39, 0.29) is 11.5 Å². The maximum absolute atomic E-state index is 12.9. The van der Waals surface area contributed by atoms with Crippen LogP contribution in [0.4, 0.5) is 11.4 Å². The molecular weight excluding hydrogens is 725 g/mol. The summed E-state index contributed by atoms with van der Waals surface area (Å²) in [5.74, 6) is 1.06. The molecule has 298 valence electrons. The van der Waals surface area contributed by atoms with Crippen LogP contribution in [0.25, 0.3) is 0 Å². The van der Waals surface area contributed by atoms with E-state index < -0.39 is 11.9 Å². The zero-order valence-electron chi connectivity index (χ0n) is 33.1. The Kier molecular flexibility index (Phi) is 17.8. The molecule has 0 bridgehead atoms. The number of aliphatic imine (C=N–C) groups is 2. The standard InChI is InChI=1S/C50H52N2O6/c1-3-5-7-9-11-13-34-55-45-30-26-43(27-31-45)51-37-39-18-22-41(23-19-39)49(53)57-47-16-15-17-48(36-47)58-50(54)42-24-20-40(21-25-42)38-52-44-28-32-46(33-29-44)56-35-14-12-10-8-6-4-2/h3-4,15-33,36-38H,1-2,5-14,34-35H2. The molecule has 0 aliphatic rings. The van der Waals surface area contributed by atoms with Crippen LogP contribution in [-0.4, -0.2) is 37.6 Å². The van der Waals surface area contributed by atoms with Crippen molar-refractivity contribution in [2.75, 3.05) is 13.2 Å². The zero-order valence-corrected chi connectivity index (χ0v) is 33.1. The minimum atomic E-state index is -0.540. The van der Waals surface area contributed by atoms with E-state index in [4.69, 9.17) is 18.9 Å². The molecule has 0 unspecified atom stereocenters. The molecule has 0 aromatic heterocycles. The molecule has 5 rings (SSSR count). The van der Waals surface area contributed by atoms with Crippen LogP contribution in [0.1, 0.15) is 96.1 Å². The molecule has 8 heteroatoms. The van der Waals surface area contributed by atoms with Gasteiger partial charge in [-0.1, -0.05) is 68.2 Å². The second-order valence-corrected chi connectivity index (χ2v) is 13.7. The molecule has 0 amide bonds. The van der Waals surface area contributed by atoms with Gasteiger partial charge in [0.1, 0.15) is 23.0 Å². The molecule has 8 nitrogen and oxygen atoms in total. The van der Waals surface area contributed by atoms with E-state index in [0.29, 0.717) is 24.3 Å². The Morgan fingerprint density at radius 3 is 1.26 bits per heavy atom. The minimum absolute atomic E-state index is 0.248. The van der Waals surface area contributed by atoms with Crippen molar-refractivity contribution in [1.29, 1.82) is 0 Å². The van der Waals surface area contributed by atoms with Crippen LogP contribution in [-0.2, 0) is 0 Å². The Balaban J connectivity index is 1.04. The molecule has 0 radical (unpaired) electrons. The largest absolute Gasteiger partial charge is 0.494 e. The van der Waals surface area contributed by atoms with Gasteiger partial charge in [-0.15, -0.1) is 13.2 Å². The summed E-state index contributed by atoms with van der Waals surface area (Å²) in [4.78, 5) is 34.9. The lowest BCUT2D eigenvalue weighted by Gasteiger charge is -2.08. The monoisotopic (exact) mass is 776 g/mol. The van der Waals surface area contributed by atoms with Crippen molar-refractivity contribution in [3.8, 4) is 23.0 Å².